The molecule has 1 unspecified atom stereocenters. The molecule has 0 bridgehead atoms. The number of carbonyl (C=O) groups is 1. The first-order chi connectivity index (χ1) is 11.5. The van der Waals surface area contributed by atoms with Crippen molar-refractivity contribution in [3.05, 3.63) is 58.5 Å². The highest BCUT2D eigenvalue weighted by Gasteiger charge is 2.18. The maximum atomic E-state index is 12.5. The minimum absolute atomic E-state index is 0.0451. The number of amides is 1. The first kappa shape index (κ1) is 17.5. The number of rotatable bonds is 4. The van der Waals surface area contributed by atoms with Crippen LogP contribution in [0.25, 0.3) is 0 Å². The van der Waals surface area contributed by atoms with Gasteiger partial charge in [-0.25, -0.2) is 0 Å². The van der Waals surface area contributed by atoms with Crippen LogP contribution in [-0.4, -0.2) is 17.4 Å². The molecule has 1 aromatic carbocycles. The van der Waals surface area contributed by atoms with Gasteiger partial charge in [0.25, 0.3) is 5.91 Å². The lowest BCUT2D eigenvalue weighted by Gasteiger charge is -2.21. The minimum Gasteiger partial charge on any atom is -0.466 e. The highest BCUT2D eigenvalue weighted by molar-refractivity contribution is 8.16. The average molecular weight is 362 g/mol. The molecule has 5 heteroatoms. The van der Waals surface area contributed by atoms with Crippen LogP contribution < -0.4 is 5.32 Å². The van der Waals surface area contributed by atoms with Crippen LogP contribution in [0.3, 0.4) is 0 Å². The Morgan fingerprint density at radius 3 is 2.46 bits per heavy atom. The van der Waals surface area contributed by atoms with Gasteiger partial charge in [0.2, 0.25) is 0 Å². The topological polar surface area (TPSA) is 42.2 Å². The van der Waals surface area contributed by atoms with Gasteiger partial charge in [0.15, 0.2) is 0 Å². The van der Waals surface area contributed by atoms with Crippen LogP contribution in [0.1, 0.15) is 57.0 Å². The molecule has 2 aromatic rings. The molecular formula is C19H23NO2S2. The molecule has 0 spiro atoms. The van der Waals surface area contributed by atoms with Gasteiger partial charge in [-0.2, -0.15) is 0 Å². The fourth-order valence-electron chi connectivity index (χ4n) is 2.91. The highest BCUT2D eigenvalue weighted by atomic mass is 32.2. The summed E-state index contributed by atoms with van der Waals surface area (Å²) in [6.45, 7) is 5.84. The number of thioether (sulfide) groups is 2. The van der Waals surface area contributed by atoms with Crippen molar-refractivity contribution in [2.24, 2.45) is 0 Å². The van der Waals surface area contributed by atoms with Crippen LogP contribution >= 0.6 is 23.5 Å². The summed E-state index contributed by atoms with van der Waals surface area (Å²) in [7, 11) is 0. The Hall–Kier alpha value is -1.33. The SMILES string of the molecule is Cc1cc(C(C)NC(=O)c2ccc(C3SCCCS3)cc2)c(C)o1. The lowest BCUT2D eigenvalue weighted by atomic mass is 10.1. The molecule has 1 aliphatic heterocycles. The van der Waals surface area contributed by atoms with E-state index in [1.165, 1.54) is 23.5 Å². The predicted molar refractivity (Wildman–Crippen MR) is 103 cm³/mol. The lowest BCUT2D eigenvalue weighted by Crippen LogP contribution is -2.26. The Morgan fingerprint density at radius 2 is 1.88 bits per heavy atom. The number of hydrogen-bond acceptors (Lipinski definition) is 4. The summed E-state index contributed by atoms with van der Waals surface area (Å²) in [5.74, 6) is 4.13. The van der Waals surface area contributed by atoms with E-state index in [4.69, 9.17) is 4.42 Å². The van der Waals surface area contributed by atoms with Gasteiger partial charge in [0.1, 0.15) is 11.5 Å². The number of nitrogens with one attached hydrogen (secondary N) is 1. The summed E-state index contributed by atoms with van der Waals surface area (Å²) in [6.07, 6.45) is 1.29. The van der Waals surface area contributed by atoms with Crippen molar-refractivity contribution in [2.45, 2.75) is 37.8 Å². The van der Waals surface area contributed by atoms with Gasteiger partial charge in [-0.1, -0.05) is 12.1 Å². The summed E-state index contributed by atoms with van der Waals surface area (Å²) in [6, 6.07) is 9.95. The molecule has 0 saturated carbocycles. The van der Waals surface area contributed by atoms with Gasteiger partial charge < -0.3 is 9.73 Å². The summed E-state index contributed by atoms with van der Waals surface area (Å²) in [4.78, 5) is 12.5. The van der Waals surface area contributed by atoms with Gasteiger partial charge in [-0.05, 0) is 62.5 Å². The monoisotopic (exact) mass is 361 g/mol. The Kier molecular flexibility index (Phi) is 5.61. The second-order valence-corrected chi connectivity index (χ2v) is 8.84. The van der Waals surface area contributed by atoms with Crippen molar-refractivity contribution in [1.82, 2.24) is 5.32 Å². The number of aryl methyl sites for hydroxylation is 2. The zero-order valence-corrected chi connectivity index (χ0v) is 15.9. The lowest BCUT2D eigenvalue weighted by molar-refractivity contribution is 0.0939. The first-order valence-corrected chi connectivity index (χ1v) is 10.4. The van der Waals surface area contributed by atoms with E-state index < -0.39 is 0 Å². The zero-order valence-electron chi connectivity index (χ0n) is 14.3. The van der Waals surface area contributed by atoms with Crippen molar-refractivity contribution in [3.8, 4) is 0 Å². The Bertz CT molecular complexity index is 703. The van der Waals surface area contributed by atoms with Crippen LogP contribution in [0, 0.1) is 13.8 Å². The van der Waals surface area contributed by atoms with Gasteiger partial charge in [0.05, 0.1) is 10.6 Å². The van der Waals surface area contributed by atoms with Crippen molar-refractivity contribution >= 4 is 29.4 Å². The van der Waals surface area contributed by atoms with Crippen molar-refractivity contribution in [3.63, 3.8) is 0 Å². The second kappa shape index (κ2) is 7.70. The van der Waals surface area contributed by atoms with E-state index in [0.717, 1.165) is 17.1 Å². The number of hydrogen-bond donors (Lipinski definition) is 1. The van der Waals surface area contributed by atoms with Gasteiger partial charge in [0, 0.05) is 11.1 Å². The normalized spacial score (nSPS) is 16.8. The maximum absolute atomic E-state index is 12.5. The van der Waals surface area contributed by atoms with Crippen molar-refractivity contribution in [1.29, 1.82) is 0 Å². The van der Waals surface area contributed by atoms with E-state index in [-0.39, 0.29) is 11.9 Å². The van der Waals surface area contributed by atoms with E-state index in [9.17, 15) is 4.79 Å². The number of furan rings is 1. The molecule has 1 aromatic heterocycles. The predicted octanol–water partition coefficient (Wildman–Crippen LogP) is 5.26. The van der Waals surface area contributed by atoms with E-state index in [1.54, 1.807) is 0 Å². The summed E-state index contributed by atoms with van der Waals surface area (Å²) >= 11 is 3.99. The fourth-order valence-corrected chi connectivity index (χ4v) is 5.80. The van der Waals surface area contributed by atoms with E-state index in [2.05, 4.69) is 17.4 Å². The second-order valence-electron chi connectivity index (χ2n) is 6.11. The number of benzene rings is 1. The van der Waals surface area contributed by atoms with E-state index >= 15 is 0 Å². The Labute approximate surface area is 152 Å². The number of carbonyl (C=O) groups excluding carboxylic acids is 1. The Morgan fingerprint density at radius 1 is 1.21 bits per heavy atom. The fraction of sp³-hybridized carbons (Fsp3) is 0.421. The standard InChI is InChI=1S/C19H23NO2S2/c1-12-11-17(14(3)22-12)13(2)20-18(21)15-5-7-16(8-6-15)19-23-9-4-10-24-19/h5-8,11,13,19H,4,9-10H2,1-3H3,(H,20,21). The molecule has 2 heterocycles. The zero-order chi connectivity index (χ0) is 17.1. The molecule has 3 rings (SSSR count). The van der Waals surface area contributed by atoms with Crippen LogP contribution in [-0.2, 0) is 0 Å². The van der Waals surface area contributed by atoms with Crippen LogP contribution in [0.5, 0.6) is 0 Å². The van der Waals surface area contributed by atoms with Crippen molar-refractivity contribution < 1.29 is 9.21 Å². The van der Waals surface area contributed by atoms with Crippen LogP contribution in [0.2, 0.25) is 0 Å². The third-order valence-electron chi connectivity index (χ3n) is 4.17. The third kappa shape index (κ3) is 4.01. The molecule has 1 N–H and O–H groups in total. The van der Waals surface area contributed by atoms with E-state index in [1.807, 2.05) is 62.5 Å². The molecule has 1 atom stereocenters. The van der Waals surface area contributed by atoms with Gasteiger partial charge >= 0.3 is 0 Å². The molecule has 1 aliphatic rings. The molecular weight excluding hydrogens is 338 g/mol. The third-order valence-corrected chi connectivity index (χ3v) is 7.18. The minimum atomic E-state index is -0.0703. The molecule has 1 amide bonds. The molecule has 24 heavy (non-hydrogen) atoms. The summed E-state index contributed by atoms with van der Waals surface area (Å²) < 4.78 is 6.06. The molecule has 1 saturated heterocycles. The van der Waals surface area contributed by atoms with E-state index in [0.29, 0.717) is 10.1 Å². The molecule has 1 fully saturated rings. The van der Waals surface area contributed by atoms with Gasteiger partial charge in [-0.3, -0.25) is 4.79 Å². The maximum Gasteiger partial charge on any atom is 0.251 e. The average Bonchev–Trinajstić information content (AvgIpc) is 2.94. The van der Waals surface area contributed by atoms with Crippen molar-refractivity contribution in [2.75, 3.05) is 11.5 Å². The quantitative estimate of drug-likeness (QED) is 0.807. The molecule has 0 radical (unpaired) electrons. The van der Waals surface area contributed by atoms with Crippen LogP contribution in [0.15, 0.2) is 34.7 Å². The smallest absolute Gasteiger partial charge is 0.251 e. The summed E-state index contributed by atoms with van der Waals surface area (Å²) in [5, 5.41) is 3.06. The highest BCUT2D eigenvalue weighted by Crippen LogP contribution is 2.43. The van der Waals surface area contributed by atoms with Crippen LogP contribution in [0.4, 0.5) is 0 Å². The largest absolute Gasteiger partial charge is 0.466 e. The first-order valence-electron chi connectivity index (χ1n) is 8.25. The Balaban J connectivity index is 1.65. The molecule has 3 nitrogen and oxygen atoms in total. The summed E-state index contributed by atoms with van der Waals surface area (Å²) in [5.41, 5.74) is 3.04. The van der Waals surface area contributed by atoms with Gasteiger partial charge in [-0.15, -0.1) is 23.5 Å². The molecule has 128 valence electrons. The molecule has 0 aliphatic carbocycles.